The molecule has 0 spiro atoms. The maximum Gasteiger partial charge on any atom is 0.228 e. The number of rotatable bonds is 2. The van der Waals surface area contributed by atoms with Crippen molar-refractivity contribution in [2.24, 2.45) is 13.0 Å². The monoisotopic (exact) mass is 292 g/mol. The fourth-order valence-corrected chi connectivity index (χ4v) is 3.24. The third-order valence-corrected chi connectivity index (χ3v) is 4.57. The van der Waals surface area contributed by atoms with Crippen molar-refractivity contribution in [3.05, 3.63) is 12.4 Å². The van der Waals surface area contributed by atoms with E-state index in [0.29, 0.717) is 0 Å². The number of ether oxygens (including phenoxy) is 1. The highest BCUT2D eigenvalue weighted by Gasteiger charge is 2.33. The van der Waals surface area contributed by atoms with Crippen molar-refractivity contribution in [1.29, 1.82) is 0 Å². The molecule has 0 aliphatic carbocycles. The molecule has 0 bridgehead atoms. The number of aromatic nitrogens is 2. The lowest BCUT2D eigenvalue weighted by atomic mass is 9.93. The molecule has 3 rings (SSSR count). The molecule has 2 aliphatic rings. The molecule has 0 radical (unpaired) electrons. The van der Waals surface area contributed by atoms with Gasteiger partial charge >= 0.3 is 0 Å². The summed E-state index contributed by atoms with van der Waals surface area (Å²) in [5.41, 5.74) is 1.14. The SMILES string of the molecule is C[C@@H]1OCCC[C@@H]1C(=O)N1CCN(c2cnn(C)c2)CC1. The second-order valence-corrected chi connectivity index (χ2v) is 6.01. The van der Waals surface area contributed by atoms with Gasteiger partial charge < -0.3 is 14.5 Å². The van der Waals surface area contributed by atoms with Crippen LogP contribution in [-0.2, 0) is 16.6 Å². The van der Waals surface area contributed by atoms with E-state index in [0.717, 1.165) is 51.3 Å². The first-order valence-electron chi connectivity index (χ1n) is 7.79. The predicted molar refractivity (Wildman–Crippen MR) is 80.1 cm³/mol. The lowest BCUT2D eigenvalue weighted by molar-refractivity contribution is -0.144. The molecule has 0 N–H and O–H groups in total. The number of carbonyl (C=O) groups excluding carboxylic acids is 1. The Balaban J connectivity index is 1.56. The highest BCUT2D eigenvalue weighted by atomic mass is 16.5. The van der Waals surface area contributed by atoms with Gasteiger partial charge in [-0.3, -0.25) is 9.48 Å². The zero-order valence-electron chi connectivity index (χ0n) is 12.9. The molecule has 6 heteroatoms. The smallest absolute Gasteiger partial charge is 0.228 e. The standard InChI is InChI=1S/C15H24N4O2/c1-12-14(4-3-9-21-12)15(20)19-7-5-18(6-8-19)13-10-16-17(2)11-13/h10-12,14H,3-9H2,1-2H3/t12-,14-/m0/s1. The van der Waals surface area contributed by atoms with E-state index < -0.39 is 0 Å². The maximum atomic E-state index is 12.6. The van der Waals surface area contributed by atoms with Crippen molar-refractivity contribution < 1.29 is 9.53 Å². The van der Waals surface area contributed by atoms with Gasteiger partial charge in [0, 0.05) is 46.0 Å². The summed E-state index contributed by atoms with van der Waals surface area (Å²) in [6.07, 6.45) is 5.92. The highest BCUT2D eigenvalue weighted by molar-refractivity contribution is 5.79. The minimum absolute atomic E-state index is 0.0451. The second kappa shape index (κ2) is 6.05. The van der Waals surface area contributed by atoms with E-state index in [9.17, 15) is 4.79 Å². The van der Waals surface area contributed by atoms with E-state index in [1.807, 2.05) is 35.9 Å². The van der Waals surface area contributed by atoms with Crippen LogP contribution in [0.4, 0.5) is 5.69 Å². The van der Waals surface area contributed by atoms with Gasteiger partial charge in [0.25, 0.3) is 0 Å². The molecule has 2 atom stereocenters. The zero-order valence-corrected chi connectivity index (χ0v) is 12.9. The van der Waals surface area contributed by atoms with Gasteiger partial charge in [0.2, 0.25) is 5.91 Å². The normalized spacial score (nSPS) is 27.0. The molecule has 0 aromatic carbocycles. The van der Waals surface area contributed by atoms with Crippen LogP contribution >= 0.6 is 0 Å². The average Bonchev–Trinajstić information content (AvgIpc) is 2.94. The fraction of sp³-hybridized carbons (Fsp3) is 0.733. The first kappa shape index (κ1) is 14.4. The van der Waals surface area contributed by atoms with Crippen LogP contribution in [0.1, 0.15) is 19.8 Å². The van der Waals surface area contributed by atoms with Crippen molar-refractivity contribution in [3.8, 4) is 0 Å². The molecular weight excluding hydrogens is 268 g/mol. The Morgan fingerprint density at radius 3 is 2.71 bits per heavy atom. The van der Waals surface area contributed by atoms with Gasteiger partial charge in [0.05, 0.1) is 23.9 Å². The number of amides is 1. The molecule has 6 nitrogen and oxygen atoms in total. The number of aryl methyl sites for hydroxylation is 1. The Hall–Kier alpha value is -1.56. The molecule has 0 saturated carbocycles. The van der Waals surface area contributed by atoms with E-state index in [1.54, 1.807) is 0 Å². The van der Waals surface area contributed by atoms with Crippen molar-refractivity contribution in [2.75, 3.05) is 37.7 Å². The molecule has 2 aliphatic heterocycles. The van der Waals surface area contributed by atoms with Crippen LogP contribution in [0.15, 0.2) is 12.4 Å². The summed E-state index contributed by atoms with van der Waals surface area (Å²) in [6.45, 7) is 6.14. The summed E-state index contributed by atoms with van der Waals surface area (Å²) in [4.78, 5) is 16.9. The van der Waals surface area contributed by atoms with Crippen LogP contribution in [-0.4, -0.2) is 59.5 Å². The Morgan fingerprint density at radius 1 is 1.33 bits per heavy atom. The van der Waals surface area contributed by atoms with Gasteiger partial charge in [0.15, 0.2) is 0 Å². The second-order valence-electron chi connectivity index (χ2n) is 6.01. The number of hydrogen-bond acceptors (Lipinski definition) is 4. The topological polar surface area (TPSA) is 50.6 Å². The Bertz CT molecular complexity index is 494. The molecule has 1 amide bonds. The molecule has 21 heavy (non-hydrogen) atoms. The molecule has 3 heterocycles. The summed E-state index contributed by atoms with van der Waals surface area (Å²) in [5, 5.41) is 4.21. The summed E-state index contributed by atoms with van der Waals surface area (Å²) in [6, 6.07) is 0. The number of hydrogen-bond donors (Lipinski definition) is 0. The maximum absolute atomic E-state index is 12.6. The van der Waals surface area contributed by atoms with Gasteiger partial charge in [-0.15, -0.1) is 0 Å². The highest BCUT2D eigenvalue weighted by Crippen LogP contribution is 2.24. The van der Waals surface area contributed by atoms with Crippen LogP contribution in [0.2, 0.25) is 0 Å². The Morgan fingerprint density at radius 2 is 2.10 bits per heavy atom. The minimum Gasteiger partial charge on any atom is -0.378 e. The van der Waals surface area contributed by atoms with Crippen molar-refractivity contribution in [2.45, 2.75) is 25.9 Å². The summed E-state index contributed by atoms with van der Waals surface area (Å²) >= 11 is 0. The predicted octanol–water partition coefficient (Wildman–Crippen LogP) is 0.884. The summed E-state index contributed by atoms with van der Waals surface area (Å²) in [7, 11) is 1.92. The minimum atomic E-state index is 0.0451. The lowest BCUT2D eigenvalue weighted by Crippen LogP contribution is -2.52. The molecule has 1 aromatic heterocycles. The van der Waals surface area contributed by atoms with Crippen molar-refractivity contribution in [3.63, 3.8) is 0 Å². The number of nitrogens with zero attached hydrogens (tertiary/aromatic N) is 4. The van der Waals surface area contributed by atoms with E-state index in [1.165, 1.54) is 0 Å². The first-order chi connectivity index (χ1) is 10.1. The summed E-state index contributed by atoms with van der Waals surface area (Å²) < 4.78 is 7.44. The molecule has 116 valence electrons. The van der Waals surface area contributed by atoms with Gasteiger partial charge in [0.1, 0.15) is 0 Å². The Labute approximate surface area is 125 Å². The first-order valence-corrected chi connectivity index (χ1v) is 7.79. The number of piperazine rings is 1. The Kier molecular flexibility index (Phi) is 4.14. The van der Waals surface area contributed by atoms with Crippen LogP contribution in [0.5, 0.6) is 0 Å². The van der Waals surface area contributed by atoms with Gasteiger partial charge in [-0.05, 0) is 19.8 Å². The van der Waals surface area contributed by atoms with Crippen LogP contribution in [0.25, 0.3) is 0 Å². The number of carbonyl (C=O) groups is 1. The number of anilines is 1. The third kappa shape index (κ3) is 3.05. The average molecular weight is 292 g/mol. The lowest BCUT2D eigenvalue weighted by Gasteiger charge is -2.38. The fourth-order valence-electron chi connectivity index (χ4n) is 3.24. The summed E-state index contributed by atoms with van der Waals surface area (Å²) in [5.74, 6) is 0.316. The molecule has 0 unspecified atom stereocenters. The quantitative estimate of drug-likeness (QED) is 0.812. The van der Waals surface area contributed by atoms with Crippen molar-refractivity contribution >= 4 is 11.6 Å². The van der Waals surface area contributed by atoms with Gasteiger partial charge in [-0.25, -0.2) is 0 Å². The van der Waals surface area contributed by atoms with E-state index in [4.69, 9.17) is 4.74 Å². The molecular formula is C15H24N4O2. The van der Waals surface area contributed by atoms with E-state index in [2.05, 4.69) is 10.00 Å². The molecule has 1 aromatic rings. The van der Waals surface area contributed by atoms with Crippen LogP contribution < -0.4 is 4.90 Å². The van der Waals surface area contributed by atoms with Crippen molar-refractivity contribution in [1.82, 2.24) is 14.7 Å². The van der Waals surface area contributed by atoms with Crippen LogP contribution in [0, 0.1) is 5.92 Å². The van der Waals surface area contributed by atoms with E-state index in [-0.39, 0.29) is 17.9 Å². The van der Waals surface area contributed by atoms with Crippen LogP contribution in [0.3, 0.4) is 0 Å². The van der Waals surface area contributed by atoms with Gasteiger partial charge in [-0.1, -0.05) is 0 Å². The van der Waals surface area contributed by atoms with E-state index >= 15 is 0 Å². The third-order valence-electron chi connectivity index (χ3n) is 4.57. The molecule has 2 fully saturated rings. The van der Waals surface area contributed by atoms with Gasteiger partial charge in [-0.2, -0.15) is 5.10 Å². The molecule has 2 saturated heterocycles. The zero-order chi connectivity index (χ0) is 14.8. The largest absolute Gasteiger partial charge is 0.378 e.